The van der Waals surface area contributed by atoms with Gasteiger partial charge in [0.15, 0.2) is 0 Å². The summed E-state index contributed by atoms with van der Waals surface area (Å²) in [6, 6.07) is 33.4. The zero-order valence-corrected chi connectivity index (χ0v) is 28.8. The number of pyridine rings is 4. The third-order valence-corrected chi connectivity index (χ3v) is 5.98. The van der Waals surface area contributed by atoms with Crippen LogP contribution in [0.25, 0.3) is 0 Å². The summed E-state index contributed by atoms with van der Waals surface area (Å²) in [5.74, 6) is 1.52. The van der Waals surface area contributed by atoms with Crippen LogP contribution in [0.4, 0.5) is 11.6 Å². The molecule has 216 valence electrons. The summed E-state index contributed by atoms with van der Waals surface area (Å²) in [5, 5.41) is 3.29. The standard InChI is InChI=1S/C13H14N2.C6H6BrN.C6H8N2.C5H3Br2N.C2H6/c1-11-6-5-9-13(15-11)14-10-12-7-3-2-4-8-12;2*1-5-3-2-4-6(7)8-5;6-4-2-1-3-5(7)8-4;1-2/h2-9H,10H2,1H3,(H,14,15);2-4H,1H3;2-4H,1H3,(H2,7,8);1-3H;1-2H3. The zero-order valence-electron chi connectivity index (χ0n) is 24.0. The SMILES string of the molecule is Brc1cccc(Br)n1.CC.Cc1cccc(Br)n1.Cc1cccc(N)n1.Cc1cccc(NCc2ccccc2)n1. The van der Waals surface area contributed by atoms with E-state index in [1.54, 1.807) is 6.07 Å². The molecular weight excluding hydrogens is 708 g/mol. The van der Waals surface area contributed by atoms with Crippen molar-refractivity contribution in [2.45, 2.75) is 41.2 Å². The quantitative estimate of drug-likeness (QED) is 0.179. The Morgan fingerprint density at radius 1 is 0.537 bits per heavy atom. The minimum Gasteiger partial charge on any atom is -0.384 e. The maximum absolute atomic E-state index is 5.35. The fourth-order valence-electron chi connectivity index (χ4n) is 2.89. The molecule has 0 aliphatic heterocycles. The maximum atomic E-state index is 5.35. The molecule has 0 atom stereocenters. The Morgan fingerprint density at radius 3 is 1.39 bits per heavy atom. The van der Waals surface area contributed by atoms with Crippen molar-refractivity contribution in [3.05, 3.63) is 140 Å². The molecule has 3 N–H and O–H groups in total. The number of aromatic nitrogens is 4. The Morgan fingerprint density at radius 2 is 1.00 bits per heavy atom. The molecule has 6 nitrogen and oxygen atoms in total. The number of hydrogen-bond donors (Lipinski definition) is 2. The zero-order chi connectivity index (χ0) is 30.5. The number of halogens is 3. The minimum absolute atomic E-state index is 0.588. The van der Waals surface area contributed by atoms with Gasteiger partial charge in [0.25, 0.3) is 0 Å². The fourth-order valence-corrected chi connectivity index (χ4v) is 4.24. The van der Waals surface area contributed by atoms with Gasteiger partial charge in [0.2, 0.25) is 0 Å². The van der Waals surface area contributed by atoms with Crippen LogP contribution >= 0.6 is 47.8 Å². The van der Waals surface area contributed by atoms with Gasteiger partial charge in [-0.15, -0.1) is 0 Å². The number of nitrogens with two attached hydrogens (primary N) is 1. The molecule has 5 aromatic rings. The van der Waals surface area contributed by atoms with Gasteiger partial charge in [-0.25, -0.2) is 19.9 Å². The molecule has 5 rings (SSSR count). The first-order valence-corrected chi connectivity index (χ1v) is 15.4. The Hall–Kier alpha value is -3.14. The number of anilines is 2. The highest BCUT2D eigenvalue weighted by atomic mass is 79.9. The van der Waals surface area contributed by atoms with Crippen molar-refractivity contribution in [3.8, 4) is 0 Å². The molecule has 0 aliphatic carbocycles. The number of aryl methyl sites for hydroxylation is 3. The van der Waals surface area contributed by atoms with E-state index >= 15 is 0 Å². The molecule has 0 fully saturated rings. The summed E-state index contributed by atoms with van der Waals surface area (Å²) < 4.78 is 2.61. The van der Waals surface area contributed by atoms with E-state index in [9.17, 15) is 0 Å². The molecule has 0 radical (unpaired) electrons. The van der Waals surface area contributed by atoms with Crippen LogP contribution in [0.3, 0.4) is 0 Å². The molecule has 0 saturated carbocycles. The summed E-state index contributed by atoms with van der Waals surface area (Å²) in [4.78, 5) is 16.4. The molecule has 4 heterocycles. The van der Waals surface area contributed by atoms with Gasteiger partial charge in [-0.2, -0.15) is 0 Å². The van der Waals surface area contributed by atoms with Gasteiger partial charge in [0.1, 0.15) is 25.4 Å². The highest BCUT2D eigenvalue weighted by Crippen LogP contribution is 2.10. The van der Waals surface area contributed by atoms with Crippen LogP contribution in [0.15, 0.2) is 117 Å². The number of benzene rings is 1. The Labute approximate surface area is 269 Å². The fraction of sp³-hybridized carbons (Fsp3) is 0.188. The van der Waals surface area contributed by atoms with Crippen LogP contribution in [-0.4, -0.2) is 19.9 Å². The second kappa shape index (κ2) is 21.6. The first-order chi connectivity index (χ1) is 19.7. The van der Waals surface area contributed by atoms with Crippen LogP contribution in [0.2, 0.25) is 0 Å². The average molecular weight is 745 g/mol. The Balaban J connectivity index is 0.000000281. The molecule has 0 spiro atoms. The van der Waals surface area contributed by atoms with Gasteiger partial charge in [-0.1, -0.05) is 68.4 Å². The predicted molar refractivity (Wildman–Crippen MR) is 184 cm³/mol. The summed E-state index contributed by atoms with van der Waals surface area (Å²) in [6.45, 7) is 10.7. The molecule has 0 bridgehead atoms. The van der Waals surface area contributed by atoms with Crippen LogP contribution in [0.1, 0.15) is 36.5 Å². The second-order valence-electron chi connectivity index (χ2n) is 8.09. The van der Waals surface area contributed by atoms with Gasteiger partial charge in [-0.3, -0.25) is 0 Å². The lowest BCUT2D eigenvalue weighted by Gasteiger charge is -2.05. The van der Waals surface area contributed by atoms with E-state index in [0.717, 1.165) is 43.3 Å². The third-order valence-electron chi connectivity index (χ3n) is 4.65. The molecule has 9 heteroatoms. The molecule has 41 heavy (non-hydrogen) atoms. The average Bonchev–Trinajstić information content (AvgIpc) is 2.94. The second-order valence-corrected chi connectivity index (χ2v) is 10.5. The van der Waals surface area contributed by atoms with E-state index in [-0.39, 0.29) is 0 Å². The molecular formula is C32H37Br3N6. The Kier molecular flexibility index (Phi) is 18.9. The lowest BCUT2D eigenvalue weighted by molar-refractivity contribution is 1.09. The molecule has 0 aliphatic rings. The molecule has 0 unspecified atom stereocenters. The highest BCUT2D eigenvalue weighted by Gasteiger charge is 1.94. The molecule has 1 aromatic carbocycles. The molecule has 0 amide bonds. The van der Waals surface area contributed by atoms with E-state index in [2.05, 4.69) is 85.2 Å². The lowest BCUT2D eigenvalue weighted by atomic mass is 10.2. The number of nitrogens with zero attached hydrogens (tertiary/aromatic N) is 4. The topological polar surface area (TPSA) is 89.6 Å². The van der Waals surface area contributed by atoms with Crippen molar-refractivity contribution < 1.29 is 0 Å². The number of nitrogens with one attached hydrogen (secondary N) is 1. The maximum Gasteiger partial charge on any atom is 0.126 e. The summed E-state index contributed by atoms with van der Waals surface area (Å²) in [7, 11) is 0. The van der Waals surface area contributed by atoms with Gasteiger partial charge in [0.05, 0.1) is 0 Å². The van der Waals surface area contributed by atoms with Crippen LogP contribution in [0.5, 0.6) is 0 Å². The van der Waals surface area contributed by atoms with Crippen molar-refractivity contribution in [2.75, 3.05) is 11.1 Å². The van der Waals surface area contributed by atoms with Crippen LogP contribution < -0.4 is 11.1 Å². The van der Waals surface area contributed by atoms with Crippen molar-refractivity contribution in [1.82, 2.24) is 19.9 Å². The van der Waals surface area contributed by atoms with Gasteiger partial charge in [-0.05, 0) is 123 Å². The van der Waals surface area contributed by atoms with Gasteiger partial charge in [0, 0.05) is 23.6 Å². The highest BCUT2D eigenvalue weighted by molar-refractivity contribution is 9.11. The molecule has 4 aromatic heterocycles. The normalized spacial score (nSPS) is 9.17. The first-order valence-electron chi connectivity index (χ1n) is 13.0. The van der Waals surface area contributed by atoms with Crippen molar-refractivity contribution in [2.24, 2.45) is 0 Å². The van der Waals surface area contributed by atoms with E-state index in [4.69, 9.17) is 5.73 Å². The van der Waals surface area contributed by atoms with E-state index in [1.165, 1.54) is 5.56 Å². The summed E-state index contributed by atoms with van der Waals surface area (Å²) in [6.07, 6.45) is 0. The lowest BCUT2D eigenvalue weighted by Crippen LogP contribution is -2.01. The van der Waals surface area contributed by atoms with Crippen LogP contribution in [0, 0.1) is 20.8 Å². The molecule has 0 saturated heterocycles. The van der Waals surface area contributed by atoms with Crippen molar-refractivity contribution in [1.29, 1.82) is 0 Å². The summed E-state index contributed by atoms with van der Waals surface area (Å²) >= 11 is 9.69. The monoisotopic (exact) mass is 742 g/mol. The van der Waals surface area contributed by atoms with Crippen molar-refractivity contribution >= 4 is 59.4 Å². The van der Waals surface area contributed by atoms with E-state index in [1.807, 2.05) is 120 Å². The first kappa shape index (κ1) is 35.9. The predicted octanol–water partition coefficient (Wildman–Crippen LogP) is 9.76. The van der Waals surface area contributed by atoms with Gasteiger partial charge < -0.3 is 11.1 Å². The third kappa shape index (κ3) is 18.0. The number of hydrogen-bond acceptors (Lipinski definition) is 6. The smallest absolute Gasteiger partial charge is 0.126 e. The van der Waals surface area contributed by atoms with E-state index in [0.29, 0.717) is 5.82 Å². The van der Waals surface area contributed by atoms with Gasteiger partial charge >= 0.3 is 0 Å². The minimum atomic E-state index is 0.588. The van der Waals surface area contributed by atoms with Crippen molar-refractivity contribution in [3.63, 3.8) is 0 Å². The Bertz CT molecular complexity index is 1250. The van der Waals surface area contributed by atoms with Crippen LogP contribution in [-0.2, 0) is 6.54 Å². The largest absolute Gasteiger partial charge is 0.384 e. The number of nitrogen functional groups attached to an aromatic ring is 1. The summed E-state index contributed by atoms with van der Waals surface area (Å²) in [5.41, 5.74) is 9.65. The number of rotatable bonds is 3. The van der Waals surface area contributed by atoms with E-state index < -0.39 is 0 Å².